The first-order chi connectivity index (χ1) is 10.7. The zero-order chi connectivity index (χ0) is 15.5. The third-order valence-electron chi connectivity index (χ3n) is 3.98. The lowest BCUT2D eigenvalue weighted by atomic mass is 10.1. The molecule has 1 heterocycles. The van der Waals surface area contributed by atoms with E-state index in [2.05, 4.69) is 15.5 Å². The molecule has 1 aliphatic rings. The molecule has 0 spiro atoms. The maximum absolute atomic E-state index is 12.2. The Morgan fingerprint density at radius 3 is 2.91 bits per heavy atom. The molecular formula is C16H19N3O3. The van der Waals surface area contributed by atoms with Crippen molar-refractivity contribution in [3.05, 3.63) is 41.7 Å². The fraction of sp³-hybridized carbons (Fsp3) is 0.375. The molecule has 0 saturated heterocycles. The fourth-order valence-corrected chi connectivity index (χ4v) is 2.65. The molecule has 0 bridgehead atoms. The molecule has 0 radical (unpaired) electrons. The molecule has 2 N–H and O–H groups in total. The number of aromatic amines is 1. The summed E-state index contributed by atoms with van der Waals surface area (Å²) in [7, 11) is 3.27. The van der Waals surface area contributed by atoms with Crippen molar-refractivity contribution in [1.82, 2.24) is 15.5 Å². The van der Waals surface area contributed by atoms with Gasteiger partial charge in [-0.15, -0.1) is 0 Å². The number of carbonyl (C=O) groups excluding carboxylic acids is 1. The van der Waals surface area contributed by atoms with Gasteiger partial charge in [-0.05, 0) is 30.7 Å². The Bertz CT molecular complexity index is 655. The maximum atomic E-state index is 12.2. The van der Waals surface area contributed by atoms with Crippen LogP contribution in [0.5, 0.6) is 11.5 Å². The number of aromatic nitrogens is 2. The summed E-state index contributed by atoms with van der Waals surface area (Å²) in [4.78, 5) is 12.2. The number of ether oxygens (including phenoxy) is 2. The maximum Gasteiger partial charge on any atom is 0.224 e. The predicted molar refractivity (Wildman–Crippen MR) is 80.8 cm³/mol. The zero-order valence-electron chi connectivity index (χ0n) is 12.6. The molecule has 22 heavy (non-hydrogen) atoms. The number of amides is 1. The quantitative estimate of drug-likeness (QED) is 0.853. The minimum absolute atomic E-state index is 0.0103. The SMILES string of the molecule is COc1ccc(OC)c([C@@H]2C[C@@H]2C(=O)NCc2ccn[nH]2)c1. The number of nitrogens with zero attached hydrogens (tertiary/aromatic N) is 1. The van der Waals surface area contributed by atoms with Gasteiger partial charge in [-0.1, -0.05) is 0 Å². The van der Waals surface area contributed by atoms with Crippen molar-refractivity contribution < 1.29 is 14.3 Å². The molecule has 1 fully saturated rings. The minimum atomic E-state index is -0.0103. The van der Waals surface area contributed by atoms with Gasteiger partial charge < -0.3 is 14.8 Å². The number of hydrogen-bond acceptors (Lipinski definition) is 4. The minimum Gasteiger partial charge on any atom is -0.497 e. The van der Waals surface area contributed by atoms with E-state index in [4.69, 9.17) is 9.47 Å². The summed E-state index contributed by atoms with van der Waals surface area (Å²) in [5.74, 6) is 1.81. The lowest BCUT2D eigenvalue weighted by molar-refractivity contribution is -0.122. The van der Waals surface area contributed by atoms with Crippen molar-refractivity contribution >= 4 is 5.91 Å². The van der Waals surface area contributed by atoms with Crippen LogP contribution in [0.1, 0.15) is 23.6 Å². The summed E-state index contributed by atoms with van der Waals surface area (Å²) in [5, 5.41) is 9.62. The zero-order valence-corrected chi connectivity index (χ0v) is 12.6. The number of carbonyl (C=O) groups is 1. The third kappa shape index (κ3) is 2.90. The van der Waals surface area contributed by atoms with E-state index in [0.717, 1.165) is 29.2 Å². The molecule has 0 aliphatic heterocycles. The van der Waals surface area contributed by atoms with Crippen LogP contribution in [0.25, 0.3) is 0 Å². The number of methoxy groups -OCH3 is 2. The van der Waals surface area contributed by atoms with Gasteiger partial charge in [0.1, 0.15) is 11.5 Å². The molecular weight excluding hydrogens is 282 g/mol. The largest absolute Gasteiger partial charge is 0.497 e. The van der Waals surface area contributed by atoms with Crippen LogP contribution in [0.3, 0.4) is 0 Å². The molecule has 1 aliphatic carbocycles. The van der Waals surface area contributed by atoms with Crippen LogP contribution in [-0.4, -0.2) is 30.3 Å². The number of rotatable bonds is 6. The second-order valence-corrected chi connectivity index (χ2v) is 5.36. The van der Waals surface area contributed by atoms with Gasteiger partial charge in [0, 0.05) is 23.6 Å². The van der Waals surface area contributed by atoms with Gasteiger partial charge in [0.05, 0.1) is 26.5 Å². The van der Waals surface area contributed by atoms with Crippen molar-refractivity contribution in [2.45, 2.75) is 18.9 Å². The molecule has 6 heteroatoms. The van der Waals surface area contributed by atoms with Crippen LogP contribution in [0.15, 0.2) is 30.5 Å². The van der Waals surface area contributed by atoms with Gasteiger partial charge >= 0.3 is 0 Å². The molecule has 2 aromatic rings. The van der Waals surface area contributed by atoms with Crippen LogP contribution in [0.4, 0.5) is 0 Å². The number of H-pyrrole nitrogens is 1. The van der Waals surface area contributed by atoms with Gasteiger partial charge in [-0.25, -0.2) is 0 Å². The first-order valence-corrected chi connectivity index (χ1v) is 7.21. The summed E-state index contributed by atoms with van der Waals surface area (Å²) in [6, 6.07) is 7.53. The average Bonchev–Trinajstić information content (AvgIpc) is 3.18. The molecule has 0 unspecified atom stereocenters. The number of hydrogen-bond donors (Lipinski definition) is 2. The lowest BCUT2D eigenvalue weighted by Crippen LogP contribution is -2.25. The highest BCUT2D eigenvalue weighted by atomic mass is 16.5. The summed E-state index contributed by atoms with van der Waals surface area (Å²) in [5.41, 5.74) is 1.92. The van der Waals surface area contributed by atoms with Gasteiger partial charge in [0.25, 0.3) is 0 Å². The van der Waals surface area contributed by atoms with Crippen molar-refractivity contribution in [2.24, 2.45) is 5.92 Å². The van der Waals surface area contributed by atoms with E-state index in [-0.39, 0.29) is 17.7 Å². The van der Waals surface area contributed by atoms with E-state index in [0.29, 0.717) is 6.54 Å². The Morgan fingerprint density at radius 2 is 2.23 bits per heavy atom. The smallest absolute Gasteiger partial charge is 0.224 e. The Balaban J connectivity index is 1.64. The second kappa shape index (κ2) is 6.09. The normalized spacial score (nSPS) is 19.5. The van der Waals surface area contributed by atoms with Crippen molar-refractivity contribution in [3.63, 3.8) is 0 Å². The summed E-state index contributed by atoms with van der Waals surface area (Å²) in [6.45, 7) is 0.470. The van der Waals surface area contributed by atoms with E-state index in [1.54, 1.807) is 20.4 Å². The lowest BCUT2D eigenvalue weighted by Gasteiger charge is -2.10. The predicted octanol–water partition coefficient (Wildman–Crippen LogP) is 1.85. The van der Waals surface area contributed by atoms with E-state index in [9.17, 15) is 4.79 Å². The molecule has 2 atom stereocenters. The highest BCUT2D eigenvalue weighted by Crippen LogP contribution is 2.51. The van der Waals surface area contributed by atoms with Crippen LogP contribution in [0.2, 0.25) is 0 Å². The van der Waals surface area contributed by atoms with Crippen molar-refractivity contribution in [2.75, 3.05) is 14.2 Å². The Kier molecular flexibility index (Phi) is 4.00. The first-order valence-electron chi connectivity index (χ1n) is 7.21. The van der Waals surface area contributed by atoms with Crippen molar-refractivity contribution in [1.29, 1.82) is 0 Å². The molecule has 1 aromatic carbocycles. The van der Waals surface area contributed by atoms with Crippen LogP contribution < -0.4 is 14.8 Å². The number of nitrogens with one attached hydrogen (secondary N) is 2. The van der Waals surface area contributed by atoms with E-state index in [1.165, 1.54) is 0 Å². The summed E-state index contributed by atoms with van der Waals surface area (Å²) < 4.78 is 10.6. The molecule has 1 amide bonds. The number of benzene rings is 1. The van der Waals surface area contributed by atoms with E-state index in [1.807, 2.05) is 24.3 Å². The van der Waals surface area contributed by atoms with Crippen molar-refractivity contribution in [3.8, 4) is 11.5 Å². The fourth-order valence-electron chi connectivity index (χ4n) is 2.65. The Labute approximate surface area is 128 Å². The van der Waals surface area contributed by atoms with Gasteiger partial charge in [-0.3, -0.25) is 9.89 Å². The molecule has 3 rings (SSSR count). The van der Waals surface area contributed by atoms with Gasteiger partial charge in [0.2, 0.25) is 5.91 Å². The van der Waals surface area contributed by atoms with Gasteiger partial charge in [0.15, 0.2) is 0 Å². The molecule has 1 saturated carbocycles. The van der Waals surface area contributed by atoms with Crippen LogP contribution in [-0.2, 0) is 11.3 Å². The standard InChI is InChI=1S/C16H19N3O3/c1-21-11-3-4-15(22-2)13(7-11)12-8-14(12)16(20)17-9-10-5-6-18-19-10/h3-7,12,14H,8-9H2,1-2H3,(H,17,20)(H,18,19)/t12-,14-/m0/s1. The first kappa shape index (κ1) is 14.4. The van der Waals surface area contributed by atoms with Gasteiger partial charge in [-0.2, -0.15) is 5.10 Å². The third-order valence-corrected chi connectivity index (χ3v) is 3.98. The van der Waals surface area contributed by atoms with Crippen LogP contribution >= 0.6 is 0 Å². The second-order valence-electron chi connectivity index (χ2n) is 5.36. The summed E-state index contributed by atoms with van der Waals surface area (Å²) >= 11 is 0. The van der Waals surface area contributed by atoms with E-state index >= 15 is 0 Å². The highest BCUT2D eigenvalue weighted by molar-refractivity contribution is 5.83. The molecule has 1 aromatic heterocycles. The molecule has 6 nitrogen and oxygen atoms in total. The topological polar surface area (TPSA) is 76.2 Å². The Morgan fingerprint density at radius 1 is 1.36 bits per heavy atom. The average molecular weight is 301 g/mol. The summed E-state index contributed by atoms with van der Waals surface area (Å²) in [6.07, 6.45) is 2.50. The Hall–Kier alpha value is -2.50. The molecule has 116 valence electrons. The highest BCUT2D eigenvalue weighted by Gasteiger charge is 2.45. The van der Waals surface area contributed by atoms with Crippen LogP contribution in [0, 0.1) is 5.92 Å². The monoisotopic (exact) mass is 301 g/mol. The van der Waals surface area contributed by atoms with E-state index < -0.39 is 0 Å².